The maximum Gasteiger partial charge on any atom is 0.326 e. The molecule has 8 heteroatoms. The predicted molar refractivity (Wildman–Crippen MR) is 98.8 cm³/mol. The highest BCUT2D eigenvalue weighted by molar-refractivity contribution is 7.89. The van der Waals surface area contributed by atoms with E-state index in [1.807, 2.05) is 24.3 Å². The van der Waals surface area contributed by atoms with E-state index in [0.717, 1.165) is 11.0 Å². The van der Waals surface area contributed by atoms with Crippen LogP contribution in [0.2, 0.25) is 0 Å². The van der Waals surface area contributed by atoms with Crippen molar-refractivity contribution in [1.29, 1.82) is 0 Å². The molecule has 0 aliphatic rings. The fourth-order valence-electron chi connectivity index (χ4n) is 2.72. The Balaban J connectivity index is 1.62. The van der Waals surface area contributed by atoms with Gasteiger partial charge in [-0.3, -0.25) is 9.36 Å². The van der Waals surface area contributed by atoms with Gasteiger partial charge < -0.3 is 4.98 Å². The van der Waals surface area contributed by atoms with Crippen molar-refractivity contribution in [3.63, 3.8) is 0 Å². The number of imidazole rings is 1. The Kier molecular flexibility index (Phi) is 5.06. The summed E-state index contributed by atoms with van der Waals surface area (Å²) in [5.41, 5.74) is 1.79. The van der Waals surface area contributed by atoms with Crippen LogP contribution in [0.4, 0.5) is 0 Å². The highest BCUT2D eigenvalue weighted by Gasteiger charge is 2.14. The molecule has 0 saturated heterocycles. The minimum atomic E-state index is -3.65. The van der Waals surface area contributed by atoms with Crippen molar-refractivity contribution in [2.24, 2.45) is 0 Å². The number of aromatic amines is 1. The summed E-state index contributed by atoms with van der Waals surface area (Å²) in [4.78, 5) is 26.1. The number of hydrogen-bond acceptors (Lipinski definition) is 4. The number of rotatable bonds is 7. The molecule has 1 aromatic heterocycles. The minimum absolute atomic E-state index is 0.103. The molecule has 0 aliphatic carbocycles. The lowest BCUT2D eigenvalue weighted by Gasteiger charge is -2.08. The summed E-state index contributed by atoms with van der Waals surface area (Å²) >= 11 is 0. The van der Waals surface area contributed by atoms with E-state index in [4.69, 9.17) is 0 Å². The van der Waals surface area contributed by atoms with Gasteiger partial charge in [0.15, 0.2) is 5.78 Å². The number of H-pyrrole nitrogens is 1. The van der Waals surface area contributed by atoms with Gasteiger partial charge in [-0.1, -0.05) is 24.3 Å². The smallest absolute Gasteiger partial charge is 0.306 e. The summed E-state index contributed by atoms with van der Waals surface area (Å²) in [7, 11) is -3.65. The highest BCUT2D eigenvalue weighted by atomic mass is 32.2. The third-order valence-corrected chi connectivity index (χ3v) is 5.58. The summed E-state index contributed by atoms with van der Waals surface area (Å²) in [5.74, 6) is -0.119. The first-order valence-electron chi connectivity index (χ1n) is 8.17. The van der Waals surface area contributed by atoms with Crippen molar-refractivity contribution < 1.29 is 13.2 Å². The standard InChI is InChI=1S/C18H19N3O4S/c1-13(22)14-7-9-15(10-8-14)26(24,25)19-11-4-12-21-17-6-3-2-5-16(17)20-18(21)23/h2-3,5-10,19H,4,11-12H2,1H3,(H,20,23). The second-order valence-corrected chi connectivity index (χ2v) is 7.70. The number of fused-ring (bicyclic) bond motifs is 1. The number of aromatic nitrogens is 2. The van der Waals surface area contributed by atoms with Crippen LogP contribution >= 0.6 is 0 Å². The van der Waals surface area contributed by atoms with Crippen LogP contribution in [0.25, 0.3) is 11.0 Å². The number of hydrogen-bond donors (Lipinski definition) is 2. The van der Waals surface area contributed by atoms with Gasteiger partial charge in [-0.05, 0) is 37.6 Å². The zero-order chi connectivity index (χ0) is 18.7. The molecule has 0 aliphatic heterocycles. The van der Waals surface area contributed by atoms with Crippen LogP contribution in [-0.2, 0) is 16.6 Å². The van der Waals surface area contributed by atoms with Crippen LogP contribution in [0, 0.1) is 0 Å². The molecule has 7 nitrogen and oxygen atoms in total. The number of nitrogens with zero attached hydrogens (tertiary/aromatic N) is 1. The topological polar surface area (TPSA) is 101 Å². The van der Waals surface area contributed by atoms with E-state index in [2.05, 4.69) is 9.71 Å². The van der Waals surface area contributed by atoms with Crippen LogP contribution in [0.3, 0.4) is 0 Å². The molecule has 0 spiro atoms. The lowest BCUT2D eigenvalue weighted by molar-refractivity contribution is 0.101. The molecule has 0 unspecified atom stereocenters. The Bertz CT molecular complexity index is 1100. The molecular weight excluding hydrogens is 354 g/mol. The Morgan fingerprint density at radius 1 is 1.12 bits per heavy atom. The lowest BCUT2D eigenvalue weighted by atomic mass is 10.2. The number of nitrogens with one attached hydrogen (secondary N) is 2. The predicted octanol–water partition coefficient (Wildman–Crippen LogP) is 1.90. The number of benzene rings is 2. The Labute approximate surface area is 150 Å². The van der Waals surface area contributed by atoms with Crippen LogP contribution in [-0.4, -0.2) is 30.3 Å². The minimum Gasteiger partial charge on any atom is -0.306 e. The molecule has 136 valence electrons. The van der Waals surface area contributed by atoms with Crippen LogP contribution in [0.5, 0.6) is 0 Å². The van der Waals surface area contributed by atoms with Crippen LogP contribution in [0.15, 0.2) is 58.2 Å². The fraction of sp³-hybridized carbons (Fsp3) is 0.222. The summed E-state index contributed by atoms with van der Waals surface area (Å²) < 4.78 is 28.7. The van der Waals surface area contributed by atoms with Crippen molar-refractivity contribution >= 4 is 26.8 Å². The van der Waals surface area contributed by atoms with Crippen molar-refractivity contribution in [3.05, 3.63) is 64.6 Å². The molecule has 26 heavy (non-hydrogen) atoms. The molecular formula is C18H19N3O4S. The van der Waals surface area contributed by atoms with Crippen molar-refractivity contribution in [3.8, 4) is 0 Å². The van der Waals surface area contributed by atoms with E-state index in [9.17, 15) is 18.0 Å². The third kappa shape index (κ3) is 3.76. The van der Waals surface area contributed by atoms with Gasteiger partial charge in [-0.25, -0.2) is 17.9 Å². The molecule has 1 heterocycles. The van der Waals surface area contributed by atoms with Gasteiger partial charge in [-0.2, -0.15) is 0 Å². The van der Waals surface area contributed by atoms with Crippen molar-refractivity contribution in [1.82, 2.24) is 14.3 Å². The SMILES string of the molecule is CC(=O)c1ccc(S(=O)(=O)NCCCn2c(=O)[nH]c3ccccc32)cc1. The Hall–Kier alpha value is -2.71. The van der Waals surface area contributed by atoms with E-state index < -0.39 is 10.0 Å². The average molecular weight is 373 g/mol. The Morgan fingerprint density at radius 2 is 1.81 bits per heavy atom. The third-order valence-electron chi connectivity index (χ3n) is 4.10. The summed E-state index contributed by atoms with van der Waals surface area (Å²) in [5, 5.41) is 0. The van der Waals surface area contributed by atoms with Crippen molar-refractivity contribution in [2.75, 3.05) is 6.54 Å². The van der Waals surface area contributed by atoms with Gasteiger partial charge in [0.25, 0.3) is 0 Å². The number of carbonyl (C=O) groups excluding carboxylic acids is 1. The Morgan fingerprint density at radius 3 is 2.50 bits per heavy atom. The molecule has 3 aromatic rings. The van der Waals surface area contributed by atoms with E-state index in [1.54, 1.807) is 4.57 Å². The lowest BCUT2D eigenvalue weighted by Crippen LogP contribution is -2.26. The number of sulfonamides is 1. The second kappa shape index (κ2) is 7.27. The highest BCUT2D eigenvalue weighted by Crippen LogP contribution is 2.12. The number of Topliss-reactive ketones (excluding diaryl/α,β-unsaturated/α-hetero) is 1. The van der Waals surface area contributed by atoms with E-state index in [0.29, 0.717) is 18.5 Å². The molecule has 2 N–H and O–H groups in total. The first-order valence-corrected chi connectivity index (χ1v) is 9.65. The first-order chi connectivity index (χ1) is 12.4. The van der Waals surface area contributed by atoms with E-state index in [1.165, 1.54) is 31.2 Å². The summed E-state index contributed by atoms with van der Waals surface area (Å²) in [6.45, 7) is 2.02. The van der Waals surface area contributed by atoms with E-state index >= 15 is 0 Å². The zero-order valence-electron chi connectivity index (χ0n) is 14.2. The van der Waals surface area contributed by atoms with Crippen molar-refractivity contribution in [2.45, 2.75) is 24.8 Å². The van der Waals surface area contributed by atoms with Crippen LogP contribution in [0.1, 0.15) is 23.7 Å². The molecule has 0 saturated carbocycles. The summed E-state index contributed by atoms with van der Waals surface area (Å²) in [6.07, 6.45) is 0.465. The van der Waals surface area contributed by atoms with Gasteiger partial charge in [0.05, 0.1) is 15.9 Å². The zero-order valence-corrected chi connectivity index (χ0v) is 15.0. The monoisotopic (exact) mass is 373 g/mol. The number of aryl methyl sites for hydroxylation is 1. The van der Waals surface area contributed by atoms with Gasteiger partial charge in [0.1, 0.15) is 0 Å². The van der Waals surface area contributed by atoms with Gasteiger partial charge in [-0.15, -0.1) is 0 Å². The normalized spacial score (nSPS) is 11.7. The number of carbonyl (C=O) groups is 1. The molecule has 2 aromatic carbocycles. The number of para-hydroxylation sites is 2. The van der Waals surface area contributed by atoms with Gasteiger partial charge in [0, 0.05) is 18.7 Å². The fourth-order valence-corrected chi connectivity index (χ4v) is 3.80. The summed E-state index contributed by atoms with van der Waals surface area (Å²) in [6, 6.07) is 13.1. The number of ketones is 1. The molecule has 0 bridgehead atoms. The maximum atomic E-state index is 12.3. The van der Waals surface area contributed by atoms with Gasteiger partial charge in [0.2, 0.25) is 10.0 Å². The second-order valence-electron chi connectivity index (χ2n) is 5.93. The quantitative estimate of drug-likeness (QED) is 0.488. The maximum absolute atomic E-state index is 12.3. The average Bonchev–Trinajstić information content (AvgIpc) is 2.94. The first kappa shape index (κ1) is 18.1. The van der Waals surface area contributed by atoms with Crippen LogP contribution < -0.4 is 10.4 Å². The molecule has 0 radical (unpaired) electrons. The molecule has 0 amide bonds. The molecule has 0 fully saturated rings. The van der Waals surface area contributed by atoms with E-state index in [-0.39, 0.29) is 22.9 Å². The molecule has 3 rings (SSSR count). The molecule has 0 atom stereocenters. The largest absolute Gasteiger partial charge is 0.326 e. The van der Waals surface area contributed by atoms with Gasteiger partial charge >= 0.3 is 5.69 Å².